The Hall–Kier alpha value is -3.48. The highest BCUT2D eigenvalue weighted by Gasteiger charge is 2.45. The fourth-order valence-electron chi connectivity index (χ4n) is 7.28. The predicted octanol–water partition coefficient (Wildman–Crippen LogP) is 5.20. The lowest BCUT2D eigenvalue weighted by Gasteiger charge is -2.40. The molecule has 2 N–H and O–H groups in total. The first-order valence-electron chi connectivity index (χ1n) is 16.3. The second-order valence-electron chi connectivity index (χ2n) is 12.7. The van der Waals surface area contributed by atoms with Crippen molar-refractivity contribution in [2.45, 2.75) is 75.5 Å². The maximum Gasteiger partial charge on any atom is 0.306 e. The average molecular weight is 668 g/mol. The number of halogens is 1. The van der Waals surface area contributed by atoms with Crippen molar-refractivity contribution in [1.29, 1.82) is 0 Å². The van der Waals surface area contributed by atoms with E-state index in [9.17, 15) is 19.5 Å². The van der Waals surface area contributed by atoms with Gasteiger partial charge in [-0.05, 0) is 62.3 Å². The van der Waals surface area contributed by atoms with Crippen molar-refractivity contribution in [1.82, 2.24) is 9.80 Å². The Morgan fingerprint density at radius 2 is 1.74 bits per heavy atom. The number of benzene rings is 2. The van der Waals surface area contributed by atoms with E-state index in [1.807, 2.05) is 23.1 Å². The van der Waals surface area contributed by atoms with Crippen LogP contribution in [0.15, 0.2) is 53.1 Å². The van der Waals surface area contributed by atoms with Gasteiger partial charge in [-0.1, -0.05) is 35.9 Å². The van der Waals surface area contributed by atoms with Gasteiger partial charge in [-0.25, -0.2) is 0 Å². The first kappa shape index (κ1) is 33.4. The van der Waals surface area contributed by atoms with Crippen LogP contribution in [-0.2, 0) is 30.2 Å². The lowest BCUT2D eigenvalue weighted by Crippen LogP contribution is -2.53. The Bertz CT molecular complexity index is 1580. The van der Waals surface area contributed by atoms with Gasteiger partial charge in [0, 0.05) is 39.2 Å². The second-order valence-corrected chi connectivity index (χ2v) is 13.1. The summed E-state index contributed by atoms with van der Waals surface area (Å²) in [6.07, 6.45) is 5.03. The summed E-state index contributed by atoms with van der Waals surface area (Å²) in [7, 11) is 3.35. The molecule has 0 radical (unpaired) electrons. The predicted molar refractivity (Wildman–Crippen MR) is 175 cm³/mol. The van der Waals surface area contributed by atoms with Crippen molar-refractivity contribution in [3.8, 4) is 0 Å². The highest BCUT2D eigenvalue weighted by molar-refractivity contribution is 6.34. The summed E-state index contributed by atoms with van der Waals surface area (Å²) in [5, 5.41) is 13.4. The average Bonchev–Trinajstić information content (AvgIpc) is 3.83. The molecular formula is C35H42ClN3O8. The molecule has 3 heterocycles. The number of amides is 2. The molecule has 2 saturated heterocycles. The van der Waals surface area contributed by atoms with Crippen molar-refractivity contribution in [3.05, 3.63) is 64.9 Å². The van der Waals surface area contributed by atoms with Crippen LogP contribution in [0.2, 0.25) is 5.02 Å². The van der Waals surface area contributed by atoms with Gasteiger partial charge in [0.15, 0.2) is 0 Å². The molecule has 252 valence electrons. The number of nitrogens with zero attached hydrogens (tertiary/aromatic N) is 2. The molecule has 1 aliphatic carbocycles. The Labute approximate surface area is 279 Å². The third-order valence-corrected chi connectivity index (χ3v) is 10.2. The number of anilines is 1. The number of carboxylic acids is 1. The van der Waals surface area contributed by atoms with Crippen molar-refractivity contribution >= 4 is 46.0 Å². The molecule has 1 unspecified atom stereocenters. The van der Waals surface area contributed by atoms with Gasteiger partial charge in [0.05, 0.1) is 53.0 Å². The Morgan fingerprint density at radius 3 is 2.43 bits per heavy atom. The van der Waals surface area contributed by atoms with E-state index >= 15 is 0 Å². The van der Waals surface area contributed by atoms with E-state index in [0.29, 0.717) is 72.6 Å². The summed E-state index contributed by atoms with van der Waals surface area (Å²) < 4.78 is 23.7. The third kappa shape index (κ3) is 7.34. The number of methoxy groups -OCH3 is 2. The number of furan rings is 1. The maximum absolute atomic E-state index is 13.9. The van der Waals surface area contributed by atoms with E-state index in [2.05, 4.69) is 10.2 Å². The molecule has 3 fully saturated rings. The second kappa shape index (κ2) is 14.7. The molecule has 3 aliphatic rings. The van der Waals surface area contributed by atoms with Crippen molar-refractivity contribution in [2.24, 2.45) is 5.92 Å². The number of likely N-dealkylation sites (tertiary alicyclic amines) is 2. The number of rotatable bonds is 11. The molecule has 4 atom stereocenters. The summed E-state index contributed by atoms with van der Waals surface area (Å²) in [4.78, 5) is 42.5. The molecule has 2 amide bonds. The minimum Gasteiger partial charge on any atom is -0.481 e. The van der Waals surface area contributed by atoms with Gasteiger partial charge < -0.3 is 34.0 Å². The monoisotopic (exact) mass is 667 g/mol. The minimum atomic E-state index is -0.750. The number of ether oxygens (including phenoxy) is 3. The molecular weight excluding hydrogens is 626 g/mol. The van der Waals surface area contributed by atoms with Crippen LogP contribution in [-0.4, -0.2) is 97.1 Å². The SMILES string of the molecule is CO[C@H]1CN(C(O[C@H]2CC[C@H](C(=O)O)CC2)[C@@H]2CCCN2C(=O)Cc2ccc(NC(=O)c3coc4ccccc34)c(Cl)c2)C[C@H]1OC. The van der Waals surface area contributed by atoms with Crippen LogP contribution >= 0.6 is 11.6 Å². The van der Waals surface area contributed by atoms with Crippen molar-refractivity contribution < 1.29 is 38.1 Å². The van der Waals surface area contributed by atoms with E-state index in [1.54, 1.807) is 38.5 Å². The number of carbonyl (C=O) groups is 3. The molecule has 2 aromatic carbocycles. The number of carbonyl (C=O) groups excluding carboxylic acids is 2. The van der Waals surface area contributed by atoms with Gasteiger partial charge >= 0.3 is 5.97 Å². The van der Waals surface area contributed by atoms with Gasteiger partial charge in [0.1, 0.15) is 18.1 Å². The number of hydrogen-bond acceptors (Lipinski definition) is 8. The molecule has 1 aromatic heterocycles. The number of carboxylic acid groups (broad SMARTS) is 1. The summed E-state index contributed by atoms with van der Waals surface area (Å²) >= 11 is 6.60. The van der Waals surface area contributed by atoms with Gasteiger partial charge in [-0.2, -0.15) is 0 Å². The van der Waals surface area contributed by atoms with Crippen LogP contribution in [0.1, 0.15) is 54.4 Å². The molecule has 0 spiro atoms. The van der Waals surface area contributed by atoms with E-state index in [0.717, 1.165) is 18.4 Å². The maximum atomic E-state index is 13.9. The molecule has 2 aliphatic heterocycles. The number of para-hydroxylation sites is 1. The number of fused-ring (bicyclic) bond motifs is 1. The van der Waals surface area contributed by atoms with E-state index < -0.39 is 5.97 Å². The number of hydrogen-bond donors (Lipinski definition) is 2. The summed E-state index contributed by atoms with van der Waals surface area (Å²) in [5.74, 6) is -1.45. The number of aliphatic carboxylic acids is 1. The van der Waals surface area contributed by atoms with Crippen molar-refractivity contribution in [2.75, 3.05) is 39.2 Å². The molecule has 0 bridgehead atoms. The van der Waals surface area contributed by atoms with Gasteiger partial charge in [0.25, 0.3) is 5.91 Å². The molecule has 6 rings (SSSR count). The Morgan fingerprint density at radius 1 is 1.02 bits per heavy atom. The third-order valence-electron chi connectivity index (χ3n) is 9.88. The molecule has 11 nitrogen and oxygen atoms in total. The van der Waals surface area contributed by atoms with Crippen LogP contribution in [0.3, 0.4) is 0 Å². The van der Waals surface area contributed by atoms with E-state index in [1.165, 1.54) is 6.26 Å². The summed E-state index contributed by atoms with van der Waals surface area (Å²) in [6, 6.07) is 12.4. The minimum absolute atomic E-state index is 0.0285. The van der Waals surface area contributed by atoms with Crippen LogP contribution in [0.4, 0.5) is 5.69 Å². The van der Waals surface area contributed by atoms with E-state index in [-0.39, 0.29) is 54.7 Å². The zero-order chi connectivity index (χ0) is 33.1. The highest BCUT2D eigenvalue weighted by Crippen LogP contribution is 2.34. The first-order chi connectivity index (χ1) is 22.7. The van der Waals surface area contributed by atoms with Crippen molar-refractivity contribution in [3.63, 3.8) is 0 Å². The summed E-state index contributed by atoms with van der Waals surface area (Å²) in [5.41, 5.74) is 2.21. The fraction of sp³-hybridized carbons (Fsp3) is 0.514. The fourth-order valence-corrected chi connectivity index (χ4v) is 7.53. The molecule has 3 aromatic rings. The smallest absolute Gasteiger partial charge is 0.306 e. The zero-order valence-electron chi connectivity index (χ0n) is 26.7. The van der Waals surface area contributed by atoms with Gasteiger partial charge in [-0.3, -0.25) is 19.3 Å². The quantitative estimate of drug-likeness (QED) is 0.283. The van der Waals surface area contributed by atoms with Crippen LogP contribution in [0, 0.1) is 5.92 Å². The summed E-state index contributed by atoms with van der Waals surface area (Å²) in [6.45, 7) is 1.84. The molecule has 47 heavy (non-hydrogen) atoms. The Balaban J connectivity index is 1.14. The van der Waals surface area contributed by atoms with Crippen LogP contribution < -0.4 is 5.32 Å². The molecule has 12 heteroatoms. The highest BCUT2D eigenvalue weighted by atomic mass is 35.5. The molecule has 1 saturated carbocycles. The lowest BCUT2D eigenvalue weighted by molar-refractivity contribution is -0.158. The van der Waals surface area contributed by atoms with E-state index in [4.69, 9.17) is 30.2 Å². The normalized spacial score (nSPS) is 25.7. The topological polar surface area (TPSA) is 131 Å². The standard InChI is InChI=1S/C35H42ClN3O8/c1-44-30-18-38(19-31(30)45-2)34(47-23-12-10-22(11-13-23)35(42)43)28-7-5-15-39(28)32(40)17-21-9-14-27(26(36)16-21)37-33(41)25-20-46-29-8-4-3-6-24(25)29/h3-4,6,8-9,14,16,20,22-23,28,30-31,34H,5,7,10-13,15,17-19H2,1-2H3,(H,37,41)(H,42,43)/t22-,23-,28-,30-,31+,34?/m0/s1. The number of nitrogens with one attached hydrogen (secondary N) is 1. The lowest BCUT2D eigenvalue weighted by atomic mass is 9.87. The van der Waals surface area contributed by atoms with Crippen LogP contribution in [0.25, 0.3) is 11.0 Å². The Kier molecular flexibility index (Phi) is 10.5. The largest absolute Gasteiger partial charge is 0.481 e. The zero-order valence-corrected chi connectivity index (χ0v) is 27.5. The first-order valence-corrected chi connectivity index (χ1v) is 16.7. The van der Waals surface area contributed by atoms with Gasteiger partial charge in [0.2, 0.25) is 5.91 Å². The van der Waals surface area contributed by atoms with Gasteiger partial charge in [-0.15, -0.1) is 0 Å². The van der Waals surface area contributed by atoms with Crippen LogP contribution in [0.5, 0.6) is 0 Å².